The first-order valence-electron chi connectivity index (χ1n) is 3.24. The van der Waals surface area contributed by atoms with Crippen molar-refractivity contribution < 1.29 is 6.14 Å². The van der Waals surface area contributed by atoms with Crippen molar-refractivity contribution in [2.45, 2.75) is 13.8 Å². The van der Waals surface area contributed by atoms with Gasteiger partial charge in [0.1, 0.15) is 0 Å². The average molecular weight is 264 g/mol. The first-order valence-corrected chi connectivity index (χ1v) is 6.08. The Labute approximate surface area is 72.8 Å². The van der Waals surface area contributed by atoms with Gasteiger partial charge in [0.05, 0.1) is 3.57 Å². The van der Waals surface area contributed by atoms with Gasteiger partial charge in [-0.2, -0.15) is 0 Å². The first kappa shape index (κ1) is 8.64. The Kier molecular flexibility index (Phi) is 2.59. The second kappa shape index (κ2) is 3.30. The fourth-order valence-electron chi connectivity index (χ4n) is 0.968. The lowest BCUT2D eigenvalue weighted by molar-refractivity contribution is 0.610. The third kappa shape index (κ3) is 1.99. The van der Waals surface area contributed by atoms with E-state index in [-0.39, 0.29) is 0 Å². The first-order chi connectivity index (χ1) is 5.11. The Morgan fingerprint density at radius 3 is 2.27 bits per heavy atom. The number of benzene rings is 1. The molecule has 0 N–H and O–H groups in total. The molecule has 1 aromatic carbocycles. The van der Waals surface area contributed by atoms with Crippen LogP contribution >= 0.6 is 19.8 Å². The second-order valence-electron chi connectivity index (χ2n) is 2.47. The average Bonchev–Trinajstić information content (AvgIpc) is 1.85. The zero-order valence-electron chi connectivity index (χ0n) is 6.43. The molecule has 2 nitrogen and oxygen atoms in total. The molecule has 0 amide bonds. The van der Waals surface area contributed by atoms with Crippen molar-refractivity contribution in [2.24, 2.45) is 0 Å². The summed E-state index contributed by atoms with van der Waals surface area (Å²) in [5.41, 5.74) is 1.96. The summed E-state index contributed by atoms with van der Waals surface area (Å²) >= 11 is -3.25. The molecule has 0 aromatic heterocycles. The molecule has 0 fully saturated rings. The van der Waals surface area contributed by atoms with Crippen molar-refractivity contribution in [3.05, 3.63) is 32.9 Å². The zero-order valence-corrected chi connectivity index (χ0v) is 8.58. The lowest BCUT2D eigenvalue weighted by atomic mass is 10.2. The fourth-order valence-corrected chi connectivity index (χ4v) is 2.29. The molecule has 0 aliphatic carbocycles. The molecule has 0 bridgehead atoms. The van der Waals surface area contributed by atoms with Crippen LogP contribution in [0.3, 0.4) is 0 Å². The summed E-state index contributed by atoms with van der Waals surface area (Å²) in [7, 11) is 0. The van der Waals surface area contributed by atoms with Crippen LogP contribution in [0.5, 0.6) is 0 Å². The third-order valence-electron chi connectivity index (χ3n) is 1.48. The van der Waals surface area contributed by atoms with Gasteiger partial charge in [-0.25, -0.2) is 6.14 Å². The SMILES string of the molecule is Cc1ccc(I(=O)=O)c(C)c1. The van der Waals surface area contributed by atoms with Crippen LogP contribution in [0, 0.1) is 17.4 Å². The van der Waals surface area contributed by atoms with Gasteiger partial charge in [0.2, 0.25) is 0 Å². The van der Waals surface area contributed by atoms with E-state index in [0.717, 1.165) is 11.1 Å². The summed E-state index contributed by atoms with van der Waals surface area (Å²) < 4.78 is 21.8. The van der Waals surface area contributed by atoms with Crippen molar-refractivity contribution in [3.63, 3.8) is 0 Å². The van der Waals surface area contributed by atoms with Gasteiger partial charge in [0.25, 0.3) is 0 Å². The van der Waals surface area contributed by atoms with Gasteiger partial charge in [-0.3, -0.25) is 0 Å². The highest BCUT2D eigenvalue weighted by atomic mass is 127. The van der Waals surface area contributed by atoms with Crippen LogP contribution < -0.4 is 0 Å². The summed E-state index contributed by atoms with van der Waals surface area (Å²) in [5.74, 6) is 0. The third-order valence-corrected chi connectivity index (χ3v) is 3.64. The number of rotatable bonds is 1. The molecule has 60 valence electrons. The van der Waals surface area contributed by atoms with Gasteiger partial charge in [-0.1, -0.05) is 17.7 Å². The van der Waals surface area contributed by atoms with E-state index in [1.807, 2.05) is 26.0 Å². The predicted molar refractivity (Wildman–Crippen MR) is 50.0 cm³/mol. The van der Waals surface area contributed by atoms with E-state index in [2.05, 4.69) is 0 Å². The minimum absolute atomic E-state index is 0.514. The van der Waals surface area contributed by atoms with Crippen molar-refractivity contribution in [1.82, 2.24) is 0 Å². The monoisotopic (exact) mass is 264 g/mol. The molecular weight excluding hydrogens is 255 g/mol. The predicted octanol–water partition coefficient (Wildman–Crippen LogP) is 2.67. The van der Waals surface area contributed by atoms with Gasteiger partial charge in [-0.05, 0) is 25.5 Å². The van der Waals surface area contributed by atoms with Gasteiger partial charge >= 0.3 is 19.8 Å². The largest absolute Gasteiger partial charge is 0.341 e. The molecule has 1 aromatic rings. The molecule has 0 radical (unpaired) electrons. The minimum Gasteiger partial charge on any atom is -0.230 e. The van der Waals surface area contributed by atoms with Crippen LogP contribution in [0.1, 0.15) is 11.1 Å². The van der Waals surface area contributed by atoms with Crippen LogP contribution in [0.4, 0.5) is 0 Å². The van der Waals surface area contributed by atoms with E-state index < -0.39 is 19.8 Å². The molecule has 0 saturated carbocycles. The van der Waals surface area contributed by atoms with Gasteiger partial charge in [-0.15, -0.1) is 0 Å². The topological polar surface area (TPSA) is 34.1 Å². The van der Waals surface area contributed by atoms with Gasteiger partial charge in [0, 0.05) is 0 Å². The Bertz CT molecular complexity index is 332. The Morgan fingerprint density at radius 2 is 1.82 bits per heavy atom. The summed E-state index contributed by atoms with van der Waals surface area (Å²) in [4.78, 5) is 0. The maximum Gasteiger partial charge on any atom is 0.341 e. The Hall–Kier alpha value is -0.450. The molecule has 3 heteroatoms. The summed E-state index contributed by atoms with van der Waals surface area (Å²) in [6, 6.07) is 5.38. The lowest BCUT2D eigenvalue weighted by Gasteiger charge is -1.96. The summed E-state index contributed by atoms with van der Waals surface area (Å²) in [6.45, 7) is 3.77. The van der Waals surface area contributed by atoms with Crippen molar-refractivity contribution in [2.75, 3.05) is 0 Å². The maximum absolute atomic E-state index is 10.7. The van der Waals surface area contributed by atoms with Crippen LogP contribution in [-0.2, 0) is 6.14 Å². The molecule has 1 rings (SSSR count). The van der Waals surface area contributed by atoms with Crippen LogP contribution in [-0.4, -0.2) is 0 Å². The zero-order chi connectivity index (χ0) is 8.43. The molecule has 0 aliphatic heterocycles. The van der Waals surface area contributed by atoms with E-state index in [4.69, 9.17) is 0 Å². The lowest BCUT2D eigenvalue weighted by Crippen LogP contribution is -1.81. The van der Waals surface area contributed by atoms with E-state index in [9.17, 15) is 6.14 Å². The standard InChI is InChI=1S/C8H9IO2/c1-6-3-4-8(9(10)11)7(2)5-6/h3-5H,1-2H3. The highest BCUT2D eigenvalue weighted by Gasteiger charge is 2.01. The highest BCUT2D eigenvalue weighted by Crippen LogP contribution is 2.21. The smallest absolute Gasteiger partial charge is 0.230 e. The molecule has 0 aliphatic rings. The summed E-state index contributed by atoms with van der Waals surface area (Å²) in [5, 5.41) is 0. The number of hydrogen-bond donors (Lipinski definition) is 0. The molecule has 0 spiro atoms. The number of hydrogen-bond acceptors (Lipinski definition) is 2. The minimum atomic E-state index is -3.25. The molecule has 0 unspecified atom stereocenters. The molecular formula is C8H9IO2. The molecule has 11 heavy (non-hydrogen) atoms. The van der Waals surface area contributed by atoms with Crippen molar-refractivity contribution >= 4 is 19.8 Å². The van der Waals surface area contributed by atoms with E-state index in [1.54, 1.807) is 6.07 Å². The number of aryl methyl sites for hydroxylation is 2. The fraction of sp³-hybridized carbons (Fsp3) is 0.250. The van der Waals surface area contributed by atoms with E-state index in [0.29, 0.717) is 3.57 Å². The van der Waals surface area contributed by atoms with Crippen LogP contribution in [0.2, 0.25) is 0 Å². The van der Waals surface area contributed by atoms with Gasteiger partial charge in [0.15, 0.2) is 0 Å². The Balaban J connectivity index is 3.31. The Morgan fingerprint density at radius 1 is 1.18 bits per heavy atom. The molecule has 0 atom stereocenters. The maximum atomic E-state index is 10.7. The number of halogens is 1. The second-order valence-corrected chi connectivity index (χ2v) is 4.87. The molecule has 0 saturated heterocycles. The van der Waals surface area contributed by atoms with Crippen molar-refractivity contribution in [3.8, 4) is 0 Å². The normalized spacial score (nSPS) is 10.5. The van der Waals surface area contributed by atoms with Crippen LogP contribution in [0.25, 0.3) is 0 Å². The quantitative estimate of drug-likeness (QED) is 0.731. The highest BCUT2D eigenvalue weighted by molar-refractivity contribution is 14.2. The van der Waals surface area contributed by atoms with E-state index >= 15 is 0 Å². The summed E-state index contributed by atoms with van der Waals surface area (Å²) in [6.07, 6.45) is 0. The molecule has 0 heterocycles. The van der Waals surface area contributed by atoms with Gasteiger partial charge < -0.3 is 0 Å². The van der Waals surface area contributed by atoms with E-state index in [1.165, 1.54) is 0 Å². The van der Waals surface area contributed by atoms with Crippen LogP contribution in [0.15, 0.2) is 18.2 Å². The van der Waals surface area contributed by atoms with Crippen molar-refractivity contribution in [1.29, 1.82) is 0 Å².